The molecule has 0 bridgehead atoms. The van der Waals surface area contributed by atoms with Crippen molar-refractivity contribution in [2.45, 2.75) is 19.8 Å². The minimum atomic E-state index is -3.46. The van der Waals surface area contributed by atoms with Crippen molar-refractivity contribution in [2.24, 2.45) is 10.3 Å². The number of sulfonamides is 1. The molecule has 7 heteroatoms. The van der Waals surface area contributed by atoms with Crippen LogP contribution in [0.2, 0.25) is 0 Å². The highest BCUT2D eigenvalue weighted by atomic mass is 32.2. The number of hydrogen-bond donors (Lipinski definition) is 0. The number of likely N-dealkylation sites (tertiary alicyclic amines) is 1. The van der Waals surface area contributed by atoms with E-state index in [0.717, 1.165) is 25.9 Å². The number of allylic oxidation sites excluding steroid dienone is 2. The van der Waals surface area contributed by atoms with E-state index >= 15 is 0 Å². The van der Waals surface area contributed by atoms with Crippen LogP contribution in [0.25, 0.3) is 0 Å². The van der Waals surface area contributed by atoms with Gasteiger partial charge in [0.1, 0.15) is 0 Å². The lowest BCUT2D eigenvalue weighted by Gasteiger charge is -2.34. The van der Waals surface area contributed by atoms with Crippen LogP contribution < -0.4 is 0 Å². The van der Waals surface area contributed by atoms with E-state index in [0.29, 0.717) is 18.0 Å². The number of amidine groups is 1. The van der Waals surface area contributed by atoms with Gasteiger partial charge in [-0.25, -0.2) is 8.42 Å². The van der Waals surface area contributed by atoms with E-state index in [-0.39, 0.29) is 17.5 Å². The number of amides is 1. The second-order valence-corrected chi connectivity index (χ2v) is 7.55. The van der Waals surface area contributed by atoms with Gasteiger partial charge in [-0.1, -0.05) is 6.92 Å². The van der Waals surface area contributed by atoms with Gasteiger partial charge in [0.15, 0.2) is 5.84 Å². The van der Waals surface area contributed by atoms with Gasteiger partial charge in [0, 0.05) is 25.8 Å². The van der Waals surface area contributed by atoms with Crippen LogP contribution in [0.5, 0.6) is 0 Å². The second kappa shape index (κ2) is 5.29. The SMILES string of the molecule is CC1CCN(C(=O)C2=CC=CN3CCS(=O)(=O)N=C23)CC1. The summed E-state index contributed by atoms with van der Waals surface area (Å²) in [5, 5.41) is 0. The average Bonchev–Trinajstić information content (AvgIpc) is 2.46. The highest BCUT2D eigenvalue weighted by Gasteiger charge is 2.32. The quantitative estimate of drug-likeness (QED) is 0.716. The molecule has 1 saturated heterocycles. The maximum atomic E-state index is 12.6. The van der Waals surface area contributed by atoms with Gasteiger partial charge < -0.3 is 9.80 Å². The van der Waals surface area contributed by atoms with Crippen LogP contribution in [-0.2, 0) is 14.8 Å². The average molecular weight is 309 g/mol. The molecule has 0 atom stereocenters. The summed E-state index contributed by atoms with van der Waals surface area (Å²) in [4.78, 5) is 16.2. The van der Waals surface area contributed by atoms with Gasteiger partial charge in [-0.3, -0.25) is 4.79 Å². The maximum absolute atomic E-state index is 12.6. The van der Waals surface area contributed by atoms with Crippen molar-refractivity contribution in [3.8, 4) is 0 Å². The summed E-state index contributed by atoms with van der Waals surface area (Å²) in [5.41, 5.74) is 0.385. The summed E-state index contributed by atoms with van der Waals surface area (Å²) < 4.78 is 27.2. The molecule has 0 saturated carbocycles. The molecule has 0 spiro atoms. The van der Waals surface area contributed by atoms with E-state index < -0.39 is 10.0 Å². The fourth-order valence-electron chi connectivity index (χ4n) is 2.77. The molecule has 21 heavy (non-hydrogen) atoms. The summed E-state index contributed by atoms with van der Waals surface area (Å²) in [6.45, 7) is 3.98. The Morgan fingerprint density at radius 1 is 1.29 bits per heavy atom. The second-order valence-electron chi connectivity index (χ2n) is 5.79. The van der Waals surface area contributed by atoms with Crippen molar-refractivity contribution in [1.82, 2.24) is 9.80 Å². The topological polar surface area (TPSA) is 70.1 Å². The van der Waals surface area contributed by atoms with Crippen LogP contribution >= 0.6 is 0 Å². The Labute approximate surface area is 124 Å². The molecule has 0 aromatic rings. The minimum Gasteiger partial charge on any atom is -0.339 e. The fourth-order valence-corrected chi connectivity index (χ4v) is 3.75. The predicted octanol–water partition coefficient (Wildman–Crippen LogP) is 0.742. The van der Waals surface area contributed by atoms with Gasteiger partial charge in [-0.15, -0.1) is 4.40 Å². The van der Waals surface area contributed by atoms with Crippen molar-refractivity contribution < 1.29 is 13.2 Å². The van der Waals surface area contributed by atoms with Gasteiger partial charge in [0.05, 0.1) is 11.3 Å². The highest BCUT2D eigenvalue weighted by molar-refractivity contribution is 7.90. The highest BCUT2D eigenvalue weighted by Crippen LogP contribution is 2.22. The lowest BCUT2D eigenvalue weighted by atomic mass is 9.98. The maximum Gasteiger partial charge on any atom is 0.257 e. The monoisotopic (exact) mass is 309 g/mol. The lowest BCUT2D eigenvalue weighted by molar-refractivity contribution is -0.127. The molecule has 0 unspecified atom stereocenters. The molecule has 0 N–H and O–H groups in total. The molecule has 0 radical (unpaired) electrons. The lowest BCUT2D eigenvalue weighted by Crippen LogP contribution is -2.45. The van der Waals surface area contributed by atoms with Gasteiger partial charge in [0.25, 0.3) is 15.9 Å². The van der Waals surface area contributed by atoms with Crippen molar-refractivity contribution in [1.29, 1.82) is 0 Å². The van der Waals surface area contributed by atoms with E-state index in [4.69, 9.17) is 0 Å². The normalized spacial score (nSPS) is 25.2. The van der Waals surface area contributed by atoms with Crippen LogP contribution in [0.3, 0.4) is 0 Å². The molecule has 3 aliphatic heterocycles. The zero-order chi connectivity index (χ0) is 15.0. The van der Waals surface area contributed by atoms with E-state index in [9.17, 15) is 13.2 Å². The summed E-state index contributed by atoms with van der Waals surface area (Å²) in [6, 6.07) is 0. The van der Waals surface area contributed by atoms with Crippen molar-refractivity contribution >= 4 is 21.8 Å². The van der Waals surface area contributed by atoms with Crippen LogP contribution in [-0.4, -0.2) is 55.3 Å². The molecule has 114 valence electrons. The van der Waals surface area contributed by atoms with E-state index in [1.54, 1.807) is 28.2 Å². The number of piperidine rings is 1. The third-order valence-electron chi connectivity index (χ3n) is 4.16. The van der Waals surface area contributed by atoms with Crippen LogP contribution in [0.4, 0.5) is 0 Å². The Morgan fingerprint density at radius 2 is 2.00 bits per heavy atom. The Kier molecular flexibility index (Phi) is 3.61. The summed E-state index contributed by atoms with van der Waals surface area (Å²) in [6.07, 6.45) is 7.18. The van der Waals surface area contributed by atoms with E-state index in [1.807, 2.05) is 0 Å². The first-order valence-electron chi connectivity index (χ1n) is 7.24. The van der Waals surface area contributed by atoms with Gasteiger partial charge in [-0.2, -0.15) is 0 Å². The Hall–Kier alpha value is -1.63. The van der Waals surface area contributed by atoms with E-state index in [2.05, 4.69) is 11.3 Å². The molecule has 0 aromatic carbocycles. The molecule has 0 aromatic heterocycles. The minimum absolute atomic E-state index is 0.0104. The largest absolute Gasteiger partial charge is 0.339 e. The van der Waals surface area contributed by atoms with E-state index in [1.165, 1.54) is 0 Å². The van der Waals surface area contributed by atoms with Crippen molar-refractivity contribution in [2.75, 3.05) is 25.4 Å². The number of carbonyl (C=O) groups is 1. The van der Waals surface area contributed by atoms with Gasteiger partial charge in [-0.05, 0) is 30.9 Å². The summed E-state index contributed by atoms with van der Waals surface area (Å²) >= 11 is 0. The van der Waals surface area contributed by atoms with Gasteiger partial charge >= 0.3 is 0 Å². The number of rotatable bonds is 1. The molecular weight excluding hydrogens is 290 g/mol. The third kappa shape index (κ3) is 2.88. The Balaban J connectivity index is 1.87. The number of hydrogen-bond acceptors (Lipinski definition) is 4. The first kappa shape index (κ1) is 14.3. The number of carbonyl (C=O) groups excluding carboxylic acids is 1. The van der Waals surface area contributed by atoms with Crippen LogP contribution in [0, 0.1) is 5.92 Å². The molecule has 3 heterocycles. The predicted molar refractivity (Wildman–Crippen MR) is 80.1 cm³/mol. The zero-order valence-electron chi connectivity index (χ0n) is 12.0. The number of nitrogens with zero attached hydrogens (tertiary/aromatic N) is 3. The fraction of sp³-hybridized carbons (Fsp3) is 0.571. The van der Waals surface area contributed by atoms with Gasteiger partial charge in [0.2, 0.25) is 0 Å². The summed E-state index contributed by atoms with van der Waals surface area (Å²) in [7, 11) is -3.46. The van der Waals surface area contributed by atoms with Crippen molar-refractivity contribution in [3.05, 3.63) is 23.9 Å². The molecule has 6 nitrogen and oxygen atoms in total. The standard InChI is InChI=1S/C14H19N3O3S/c1-11-4-7-17(8-5-11)14(18)12-3-2-6-16-9-10-21(19,20)15-13(12)16/h2-3,6,11H,4-5,7-10H2,1H3. The molecule has 1 fully saturated rings. The van der Waals surface area contributed by atoms with Crippen LogP contribution in [0.15, 0.2) is 28.3 Å². The smallest absolute Gasteiger partial charge is 0.257 e. The van der Waals surface area contributed by atoms with Crippen molar-refractivity contribution in [3.63, 3.8) is 0 Å². The Morgan fingerprint density at radius 3 is 2.71 bits per heavy atom. The molecule has 1 amide bonds. The first-order chi connectivity index (χ1) is 9.96. The zero-order valence-corrected chi connectivity index (χ0v) is 12.8. The molecule has 0 aliphatic carbocycles. The third-order valence-corrected chi connectivity index (χ3v) is 5.31. The Bertz CT molecular complexity index is 640. The molecular formula is C14H19N3O3S. The van der Waals surface area contributed by atoms with Crippen LogP contribution in [0.1, 0.15) is 19.8 Å². The first-order valence-corrected chi connectivity index (χ1v) is 8.84. The summed E-state index contributed by atoms with van der Waals surface area (Å²) in [5.74, 6) is 0.779. The molecule has 3 rings (SSSR count). The molecule has 3 aliphatic rings. The number of fused-ring (bicyclic) bond motifs is 1.